The minimum Gasteiger partial charge on any atom is -0.507 e. The maximum atomic E-state index is 10.4. The Balaban J connectivity index is 1.59. The molecule has 0 unspecified atom stereocenters. The van der Waals surface area contributed by atoms with E-state index in [0.717, 1.165) is 11.0 Å². The Bertz CT molecular complexity index is 1150. The summed E-state index contributed by atoms with van der Waals surface area (Å²) in [5.41, 5.74) is 4.13. The van der Waals surface area contributed by atoms with E-state index in [0.29, 0.717) is 34.1 Å². The van der Waals surface area contributed by atoms with Crippen LogP contribution in [0.15, 0.2) is 75.6 Å². The molecule has 0 aliphatic carbocycles. The van der Waals surface area contributed by atoms with E-state index in [1.807, 2.05) is 54.6 Å². The van der Waals surface area contributed by atoms with Crippen molar-refractivity contribution in [1.82, 2.24) is 9.97 Å². The predicted molar refractivity (Wildman–Crippen MR) is 94.1 cm³/mol. The van der Waals surface area contributed by atoms with Crippen LogP contribution in [-0.4, -0.2) is 15.1 Å². The number of phenols is 1. The molecule has 0 spiro atoms. The number of nitrogens with zero attached hydrogens (tertiary/aromatic N) is 2. The van der Waals surface area contributed by atoms with Gasteiger partial charge in [0, 0.05) is 5.56 Å². The van der Waals surface area contributed by atoms with Crippen molar-refractivity contribution in [2.45, 2.75) is 0 Å². The van der Waals surface area contributed by atoms with Crippen LogP contribution in [0.25, 0.3) is 45.1 Å². The molecule has 0 saturated heterocycles. The molecule has 0 fully saturated rings. The molecule has 2 heterocycles. The van der Waals surface area contributed by atoms with Gasteiger partial charge in [-0.2, -0.15) is 0 Å². The first-order valence-electron chi connectivity index (χ1n) is 7.83. The zero-order valence-corrected chi connectivity index (χ0v) is 13.0. The lowest BCUT2D eigenvalue weighted by molar-refractivity contribution is 0.474. The third-order valence-corrected chi connectivity index (χ3v) is 4.06. The summed E-state index contributed by atoms with van der Waals surface area (Å²) in [6, 6.07) is 20.2. The highest BCUT2D eigenvalue weighted by Gasteiger charge is 2.15. The number of fused-ring (bicyclic) bond motifs is 2. The van der Waals surface area contributed by atoms with Crippen LogP contribution in [0.2, 0.25) is 0 Å². The zero-order valence-electron chi connectivity index (χ0n) is 13.0. The first-order valence-corrected chi connectivity index (χ1v) is 7.83. The molecule has 0 saturated carbocycles. The number of hydrogen-bond acceptors (Lipinski definition) is 5. The van der Waals surface area contributed by atoms with Crippen LogP contribution in [0.1, 0.15) is 0 Å². The minimum absolute atomic E-state index is 0.0614. The van der Waals surface area contributed by atoms with E-state index in [4.69, 9.17) is 8.83 Å². The Labute approximate surface area is 142 Å². The van der Waals surface area contributed by atoms with Crippen molar-refractivity contribution in [2.24, 2.45) is 0 Å². The third kappa shape index (κ3) is 2.25. The van der Waals surface area contributed by atoms with E-state index >= 15 is 0 Å². The molecule has 120 valence electrons. The van der Waals surface area contributed by atoms with Gasteiger partial charge in [-0.3, -0.25) is 0 Å². The lowest BCUT2D eigenvalue weighted by Gasteiger charge is -2.02. The number of aromatic nitrogens is 2. The van der Waals surface area contributed by atoms with Gasteiger partial charge in [0.15, 0.2) is 11.2 Å². The second-order valence-corrected chi connectivity index (χ2v) is 5.71. The molecule has 5 heteroatoms. The number of benzene rings is 3. The van der Waals surface area contributed by atoms with Crippen molar-refractivity contribution >= 4 is 22.2 Å². The summed E-state index contributed by atoms with van der Waals surface area (Å²) >= 11 is 0. The second kappa shape index (κ2) is 5.21. The molecule has 5 nitrogen and oxygen atoms in total. The molecule has 5 aromatic rings. The molecule has 0 aliphatic heterocycles. The SMILES string of the molecule is Oc1cc(-c2nc3ccccc3o2)ccc1-c1nc2ccccc2o1. The van der Waals surface area contributed by atoms with E-state index in [9.17, 15) is 5.11 Å². The average molecular weight is 328 g/mol. The molecule has 0 bridgehead atoms. The Morgan fingerprint density at radius 2 is 1.28 bits per heavy atom. The molecule has 3 aromatic carbocycles. The highest BCUT2D eigenvalue weighted by atomic mass is 16.4. The maximum absolute atomic E-state index is 10.4. The van der Waals surface area contributed by atoms with Gasteiger partial charge in [0.05, 0.1) is 5.56 Å². The molecule has 1 N–H and O–H groups in total. The van der Waals surface area contributed by atoms with Crippen LogP contribution in [0.4, 0.5) is 0 Å². The first-order chi connectivity index (χ1) is 12.3. The number of aromatic hydroxyl groups is 1. The van der Waals surface area contributed by atoms with E-state index in [-0.39, 0.29) is 5.75 Å². The lowest BCUT2D eigenvalue weighted by atomic mass is 10.1. The van der Waals surface area contributed by atoms with Crippen LogP contribution in [0.3, 0.4) is 0 Å². The molecule has 0 atom stereocenters. The summed E-state index contributed by atoms with van der Waals surface area (Å²) in [6.45, 7) is 0. The monoisotopic (exact) mass is 328 g/mol. The van der Waals surface area contributed by atoms with Gasteiger partial charge in [0.1, 0.15) is 16.8 Å². The Kier molecular flexibility index (Phi) is 2.87. The molecule has 0 aliphatic rings. The average Bonchev–Trinajstić information content (AvgIpc) is 3.25. The summed E-state index contributed by atoms with van der Waals surface area (Å²) in [5.74, 6) is 0.898. The van der Waals surface area contributed by atoms with Gasteiger partial charge in [0.2, 0.25) is 11.8 Å². The molecule has 0 amide bonds. The number of rotatable bonds is 2. The van der Waals surface area contributed by atoms with E-state index < -0.39 is 0 Å². The fourth-order valence-electron chi connectivity index (χ4n) is 2.83. The summed E-state index contributed by atoms with van der Waals surface area (Å²) in [4.78, 5) is 8.86. The molecule has 25 heavy (non-hydrogen) atoms. The molecular weight excluding hydrogens is 316 g/mol. The lowest BCUT2D eigenvalue weighted by Crippen LogP contribution is -1.82. The van der Waals surface area contributed by atoms with Gasteiger partial charge < -0.3 is 13.9 Å². The van der Waals surface area contributed by atoms with Crippen molar-refractivity contribution in [1.29, 1.82) is 0 Å². The Morgan fingerprint density at radius 1 is 0.680 bits per heavy atom. The number of oxazole rings is 2. The normalized spacial score (nSPS) is 11.4. The van der Waals surface area contributed by atoms with Crippen molar-refractivity contribution in [3.05, 3.63) is 66.7 Å². The van der Waals surface area contributed by atoms with Crippen LogP contribution < -0.4 is 0 Å². The zero-order chi connectivity index (χ0) is 16.8. The highest BCUT2D eigenvalue weighted by Crippen LogP contribution is 2.35. The Hall–Kier alpha value is -3.60. The second-order valence-electron chi connectivity index (χ2n) is 5.71. The standard InChI is InChI=1S/C20H12N2O3/c23-16-11-12(19-21-14-5-1-3-7-17(14)24-19)9-10-13(16)20-22-15-6-2-4-8-18(15)25-20/h1-11,23H. The highest BCUT2D eigenvalue weighted by molar-refractivity contribution is 5.80. The quantitative estimate of drug-likeness (QED) is 0.493. The van der Waals surface area contributed by atoms with Crippen LogP contribution in [-0.2, 0) is 0 Å². The van der Waals surface area contributed by atoms with Crippen molar-refractivity contribution in [2.75, 3.05) is 0 Å². The van der Waals surface area contributed by atoms with Gasteiger partial charge >= 0.3 is 0 Å². The van der Waals surface area contributed by atoms with Crippen molar-refractivity contribution in [3.63, 3.8) is 0 Å². The molecule has 0 radical (unpaired) electrons. The third-order valence-electron chi connectivity index (χ3n) is 4.06. The van der Waals surface area contributed by atoms with Gasteiger partial charge in [-0.1, -0.05) is 24.3 Å². The van der Waals surface area contributed by atoms with Crippen molar-refractivity contribution in [3.8, 4) is 28.7 Å². The first kappa shape index (κ1) is 13.8. The van der Waals surface area contributed by atoms with E-state index in [1.165, 1.54) is 0 Å². The van der Waals surface area contributed by atoms with Gasteiger partial charge in [-0.25, -0.2) is 9.97 Å². The van der Waals surface area contributed by atoms with E-state index in [1.54, 1.807) is 12.1 Å². The molecular formula is C20H12N2O3. The summed E-state index contributed by atoms with van der Waals surface area (Å²) < 4.78 is 11.5. The molecule has 2 aromatic heterocycles. The van der Waals surface area contributed by atoms with Gasteiger partial charge in [0.25, 0.3) is 0 Å². The summed E-state index contributed by atoms with van der Waals surface area (Å²) in [5, 5.41) is 10.4. The Morgan fingerprint density at radius 3 is 1.92 bits per heavy atom. The van der Waals surface area contributed by atoms with Crippen LogP contribution in [0, 0.1) is 0 Å². The topological polar surface area (TPSA) is 72.3 Å². The number of phenolic OH excluding ortho intramolecular Hbond substituents is 1. The van der Waals surface area contributed by atoms with E-state index in [2.05, 4.69) is 9.97 Å². The van der Waals surface area contributed by atoms with Crippen LogP contribution >= 0.6 is 0 Å². The fourth-order valence-corrected chi connectivity index (χ4v) is 2.83. The van der Waals surface area contributed by atoms with Gasteiger partial charge in [-0.05, 0) is 42.5 Å². The fraction of sp³-hybridized carbons (Fsp3) is 0. The largest absolute Gasteiger partial charge is 0.507 e. The van der Waals surface area contributed by atoms with Gasteiger partial charge in [-0.15, -0.1) is 0 Å². The summed E-state index contributed by atoms with van der Waals surface area (Å²) in [6.07, 6.45) is 0. The minimum atomic E-state index is 0.0614. The number of para-hydroxylation sites is 4. The molecule has 5 rings (SSSR count). The van der Waals surface area contributed by atoms with Crippen molar-refractivity contribution < 1.29 is 13.9 Å². The smallest absolute Gasteiger partial charge is 0.231 e. The summed E-state index contributed by atoms with van der Waals surface area (Å²) in [7, 11) is 0. The number of hydrogen-bond donors (Lipinski definition) is 1. The van der Waals surface area contributed by atoms with Crippen LogP contribution in [0.5, 0.6) is 5.75 Å². The predicted octanol–water partition coefficient (Wildman–Crippen LogP) is 5.01. The maximum Gasteiger partial charge on any atom is 0.231 e.